The summed E-state index contributed by atoms with van der Waals surface area (Å²) < 4.78 is 0. The molecule has 1 unspecified atom stereocenters. The van der Waals surface area contributed by atoms with E-state index in [-0.39, 0.29) is 0 Å². The van der Waals surface area contributed by atoms with Gasteiger partial charge < -0.3 is 10.2 Å². The first-order chi connectivity index (χ1) is 6.42. The van der Waals surface area contributed by atoms with Gasteiger partial charge in [0, 0.05) is 0 Å². The van der Waals surface area contributed by atoms with Gasteiger partial charge in [0.25, 0.3) is 0 Å². The molecule has 0 aliphatic heterocycles. The molecule has 0 aromatic heterocycles. The Morgan fingerprint density at radius 3 is 2.00 bits per heavy atom. The first-order valence-corrected chi connectivity index (χ1v) is 4.55. The molecule has 76 valence electrons. The van der Waals surface area contributed by atoms with Crippen LogP contribution in [0.5, 0.6) is 0 Å². The van der Waals surface area contributed by atoms with E-state index in [0.717, 1.165) is 0 Å². The smallest absolute Gasteiger partial charge is 0.135 e. The van der Waals surface area contributed by atoms with Crippen LogP contribution in [0.25, 0.3) is 0 Å². The summed E-state index contributed by atoms with van der Waals surface area (Å²) >= 11 is 0. The van der Waals surface area contributed by atoms with E-state index in [9.17, 15) is 10.2 Å². The van der Waals surface area contributed by atoms with E-state index in [1.165, 1.54) is 6.08 Å². The first-order valence-electron chi connectivity index (χ1n) is 4.55. The van der Waals surface area contributed by atoms with E-state index in [2.05, 4.69) is 6.58 Å². The third-order valence-corrected chi connectivity index (χ3v) is 2.44. The zero-order valence-electron chi connectivity index (χ0n) is 8.57. The van der Waals surface area contributed by atoms with Crippen molar-refractivity contribution in [2.75, 3.05) is 0 Å². The normalized spacial score (nSPS) is 16.0. The van der Waals surface area contributed by atoms with Crippen molar-refractivity contribution < 1.29 is 10.2 Å². The zero-order valence-corrected chi connectivity index (χ0v) is 8.57. The van der Waals surface area contributed by atoms with Crippen LogP contribution in [-0.2, 0) is 5.60 Å². The molecule has 2 N–H and O–H groups in total. The number of aliphatic hydroxyl groups is 2. The molecule has 2 nitrogen and oxygen atoms in total. The standard InChI is InChI=1S/C12H16O2/c1-4-12(14,11(2,3)13)10-8-6-5-7-9-10/h4-9,13-14H,1H2,2-3H3. The molecule has 0 spiro atoms. The number of benzene rings is 1. The molecule has 0 heterocycles. The van der Waals surface area contributed by atoms with Crippen LogP contribution in [0.3, 0.4) is 0 Å². The Kier molecular flexibility index (Phi) is 2.79. The van der Waals surface area contributed by atoms with Gasteiger partial charge in [-0.15, -0.1) is 0 Å². The highest BCUT2D eigenvalue weighted by Gasteiger charge is 2.40. The lowest BCUT2D eigenvalue weighted by atomic mass is 9.80. The van der Waals surface area contributed by atoms with Crippen LogP contribution in [0.2, 0.25) is 0 Å². The summed E-state index contributed by atoms with van der Waals surface area (Å²) in [6.45, 7) is 6.68. The van der Waals surface area contributed by atoms with Gasteiger partial charge in [-0.1, -0.05) is 43.0 Å². The first kappa shape index (κ1) is 11.0. The average molecular weight is 192 g/mol. The summed E-state index contributed by atoms with van der Waals surface area (Å²) in [6.07, 6.45) is 1.36. The Hall–Kier alpha value is -1.12. The molecule has 14 heavy (non-hydrogen) atoms. The summed E-state index contributed by atoms with van der Waals surface area (Å²) in [5.74, 6) is 0. The fourth-order valence-corrected chi connectivity index (χ4v) is 1.41. The van der Waals surface area contributed by atoms with E-state index in [4.69, 9.17) is 0 Å². The van der Waals surface area contributed by atoms with Crippen molar-refractivity contribution >= 4 is 0 Å². The van der Waals surface area contributed by atoms with E-state index >= 15 is 0 Å². The summed E-state index contributed by atoms with van der Waals surface area (Å²) in [7, 11) is 0. The summed E-state index contributed by atoms with van der Waals surface area (Å²) in [4.78, 5) is 0. The SMILES string of the molecule is C=CC(O)(c1ccccc1)C(C)(C)O. The van der Waals surface area contributed by atoms with Crippen molar-refractivity contribution in [3.63, 3.8) is 0 Å². The molecule has 0 amide bonds. The van der Waals surface area contributed by atoms with Gasteiger partial charge in [-0.2, -0.15) is 0 Å². The van der Waals surface area contributed by atoms with E-state index in [0.29, 0.717) is 5.56 Å². The lowest BCUT2D eigenvalue weighted by Crippen LogP contribution is -2.45. The number of hydrogen-bond acceptors (Lipinski definition) is 2. The maximum Gasteiger partial charge on any atom is 0.135 e. The molecular formula is C12H16O2. The molecule has 0 radical (unpaired) electrons. The van der Waals surface area contributed by atoms with Crippen molar-refractivity contribution in [1.82, 2.24) is 0 Å². The van der Waals surface area contributed by atoms with Crippen LogP contribution in [0.4, 0.5) is 0 Å². The van der Waals surface area contributed by atoms with Crippen molar-refractivity contribution in [3.8, 4) is 0 Å². The second-order valence-electron chi connectivity index (χ2n) is 3.90. The fraction of sp³-hybridized carbons (Fsp3) is 0.333. The number of rotatable bonds is 3. The molecule has 1 atom stereocenters. The molecule has 0 saturated carbocycles. The number of hydrogen-bond donors (Lipinski definition) is 2. The Morgan fingerprint density at radius 1 is 1.14 bits per heavy atom. The summed E-state index contributed by atoms with van der Waals surface area (Å²) in [6, 6.07) is 9.02. The topological polar surface area (TPSA) is 40.5 Å². The van der Waals surface area contributed by atoms with E-state index in [1.54, 1.807) is 26.0 Å². The maximum absolute atomic E-state index is 10.3. The monoisotopic (exact) mass is 192 g/mol. The van der Waals surface area contributed by atoms with Gasteiger partial charge >= 0.3 is 0 Å². The Bertz CT molecular complexity index is 311. The Morgan fingerprint density at radius 2 is 1.64 bits per heavy atom. The molecule has 0 aliphatic carbocycles. The molecule has 0 bridgehead atoms. The molecular weight excluding hydrogens is 176 g/mol. The molecule has 0 saturated heterocycles. The quantitative estimate of drug-likeness (QED) is 0.717. The maximum atomic E-state index is 10.3. The van der Waals surface area contributed by atoms with Gasteiger partial charge in [-0.05, 0) is 19.4 Å². The molecule has 1 aromatic rings. The van der Waals surface area contributed by atoms with Gasteiger partial charge in [-0.25, -0.2) is 0 Å². The molecule has 0 aliphatic rings. The third kappa shape index (κ3) is 1.72. The lowest BCUT2D eigenvalue weighted by molar-refractivity contribution is -0.105. The van der Waals surface area contributed by atoms with Crippen molar-refractivity contribution in [1.29, 1.82) is 0 Å². The molecule has 1 aromatic carbocycles. The second kappa shape index (κ2) is 3.56. The fourth-order valence-electron chi connectivity index (χ4n) is 1.41. The van der Waals surface area contributed by atoms with Gasteiger partial charge in [0.1, 0.15) is 5.60 Å². The molecule has 0 fully saturated rings. The predicted octanol–water partition coefficient (Wildman–Crippen LogP) is 1.83. The van der Waals surface area contributed by atoms with Crippen molar-refractivity contribution in [3.05, 3.63) is 48.6 Å². The van der Waals surface area contributed by atoms with E-state index < -0.39 is 11.2 Å². The highest BCUT2D eigenvalue weighted by molar-refractivity contribution is 5.30. The lowest BCUT2D eigenvalue weighted by Gasteiger charge is -2.36. The largest absolute Gasteiger partial charge is 0.387 e. The van der Waals surface area contributed by atoms with Crippen molar-refractivity contribution in [2.24, 2.45) is 0 Å². The highest BCUT2D eigenvalue weighted by Crippen LogP contribution is 2.33. The Balaban J connectivity index is 3.22. The van der Waals surface area contributed by atoms with Gasteiger partial charge in [-0.3, -0.25) is 0 Å². The minimum atomic E-state index is -1.41. The molecule has 1 rings (SSSR count). The van der Waals surface area contributed by atoms with Gasteiger partial charge in [0.2, 0.25) is 0 Å². The minimum Gasteiger partial charge on any atom is -0.387 e. The van der Waals surface area contributed by atoms with Crippen LogP contribution in [0, 0.1) is 0 Å². The zero-order chi connectivity index (χ0) is 10.8. The predicted molar refractivity (Wildman–Crippen MR) is 56.8 cm³/mol. The van der Waals surface area contributed by atoms with Crippen LogP contribution < -0.4 is 0 Å². The van der Waals surface area contributed by atoms with E-state index in [1.807, 2.05) is 18.2 Å². The summed E-state index contributed by atoms with van der Waals surface area (Å²) in [5.41, 5.74) is -2.02. The van der Waals surface area contributed by atoms with Crippen LogP contribution in [0.15, 0.2) is 43.0 Å². The Labute approximate surface area is 84.5 Å². The molecule has 2 heteroatoms. The second-order valence-corrected chi connectivity index (χ2v) is 3.90. The average Bonchev–Trinajstić information content (AvgIpc) is 2.16. The van der Waals surface area contributed by atoms with Crippen LogP contribution in [-0.4, -0.2) is 15.8 Å². The highest BCUT2D eigenvalue weighted by atomic mass is 16.4. The minimum absolute atomic E-state index is 0.641. The third-order valence-electron chi connectivity index (χ3n) is 2.44. The van der Waals surface area contributed by atoms with Gasteiger partial charge in [0.15, 0.2) is 0 Å². The van der Waals surface area contributed by atoms with Crippen molar-refractivity contribution in [2.45, 2.75) is 25.0 Å². The van der Waals surface area contributed by atoms with Gasteiger partial charge in [0.05, 0.1) is 5.60 Å². The van der Waals surface area contributed by atoms with Crippen LogP contribution in [0.1, 0.15) is 19.4 Å². The van der Waals surface area contributed by atoms with Crippen LogP contribution >= 0.6 is 0 Å². The summed E-state index contributed by atoms with van der Waals surface area (Å²) in [5, 5.41) is 20.1.